The van der Waals surface area contributed by atoms with Crippen LogP contribution in [0.2, 0.25) is 0 Å². The molecule has 2 aromatic heterocycles. The Morgan fingerprint density at radius 3 is 3.00 bits per heavy atom. The number of nitrogens with one attached hydrogen (secondary N) is 1. The number of aromatic amines is 1. The molecule has 9 heteroatoms. The summed E-state index contributed by atoms with van der Waals surface area (Å²) in [7, 11) is -3.29. The van der Waals surface area contributed by atoms with Crippen LogP contribution in [0.25, 0.3) is 0 Å². The standard InChI is InChI=1S/C15H21N5O3S/c1-24(22,23)14-9-16-18-13(14)8-12-4-2-6-19(10-12)15(21)11-20-7-3-5-17-20/h3,5,7,9,12H,2,4,6,8,10-11H2,1H3,(H,16,18)/t12-/m1/s1. The summed E-state index contributed by atoms with van der Waals surface area (Å²) < 4.78 is 25.2. The Balaban J connectivity index is 1.64. The Bertz CT molecular complexity index is 797. The highest BCUT2D eigenvalue weighted by molar-refractivity contribution is 7.90. The highest BCUT2D eigenvalue weighted by Gasteiger charge is 2.26. The van der Waals surface area contributed by atoms with E-state index in [9.17, 15) is 13.2 Å². The number of likely N-dealkylation sites (tertiary alicyclic amines) is 1. The van der Waals surface area contributed by atoms with E-state index < -0.39 is 9.84 Å². The van der Waals surface area contributed by atoms with Gasteiger partial charge in [-0.25, -0.2) is 8.42 Å². The fraction of sp³-hybridized carbons (Fsp3) is 0.533. The average molecular weight is 351 g/mol. The topological polar surface area (TPSA) is 101 Å². The van der Waals surface area contributed by atoms with E-state index in [1.54, 1.807) is 23.1 Å². The van der Waals surface area contributed by atoms with E-state index in [1.165, 1.54) is 12.5 Å². The third kappa shape index (κ3) is 3.84. The van der Waals surface area contributed by atoms with Crippen LogP contribution >= 0.6 is 0 Å². The molecule has 0 spiro atoms. The SMILES string of the molecule is CS(=O)(=O)c1cn[nH]c1C[C@H]1CCCN(C(=O)Cn2cccn2)C1. The van der Waals surface area contributed by atoms with E-state index in [0.29, 0.717) is 18.7 Å². The van der Waals surface area contributed by atoms with Crippen molar-refractivity contribution in [2.45, 2.75) is 30.7 Å². The maximum atomic E-state index is 12.4. The molecule has 0 aromatic carbocycles. The highest BCUT2D eigenvalue weighted by atomic mass is 32.2. The number of piperidine rings is 1. The van der Waals surface area contributed by atoms with Crippen molar-refractivity contribution in [3.05, 3.63) is 30.4 Å². The summed E-state index contributed by atoms with van der Waals surface area (Å²) in [6, 6.07) is 1.79. The Hall–Kier alpha value is -2.16. The van der Waals surface area contributed by atoms with Gasteiger partial charge in [-0.2, -0.15) is 10.2 Å². The van der Waals surface area contributed by atoms with Crippen molar-refractivity contribution >= 4 is 15.7 Å². The van der Waals surface area contributed by atoms with Gasteiger partial charge in [-0.15, -0.1) is 0 Å². The summed E-state index contributed by atoms with van der Waals surface area (Å²) >= 11 is 0. The van der Waals surface area contributed by atoms with Gasteiger partial charge >= 0.3 is 0 Å². The molecule has 3 heterocycles. The largest absolute Gasteiger partial charge is 0.341 e. The Kier molecular flexibility index (Phi) is 4.70. The molecule has 1 saturated heterocycles. The normalized spacial score (nSPS) is 18.7. The Morgan fingerprint density at radius 2 is 2.29 bits per heavy atom. The number of hydrogen-bond donors (Lipinski definition) is 1. The first kappa shape index (κ1) is 16.7. The molecule has 1 amide bonds. The van der Waals surface area contributed by atoms with Crippen LogP contribution in [0.4, 0.5) is 0 Å². The number of hydrogen-bond acceptors (Lipinski definition) is 5. The molecule has 8 nitrogen and oxygen atoms in total. The lowest BCUT2D eigenvalue weighted by molar-refractivity contribution is -0.133. The van der Waals surface area contributed by atoms with Gasteiger partial charge in [-0.1, -0.05) is 0 Å². The summed E-state index contributed by atoms with van der Waals surface area (Å²) in [5.74, 6) is 0.262. The quantitative estimate of drug-likeness (QED) is 0.845. The predicted octanol–water partition coefficient (Wildman–Crippen LogP) is 0.491. The molecule has 1 aliphatic rings. The first-order valence-corrected chi connectivity index (χ1v) is 9.80. The minimum absolute atomic E-state index is 0.0383. The number of carbonyl (C=O) groups excluding carboxylic acids is 1. The minimum atomic E-state index is -3.29. The maximum Gasteiger partial charge on any atom is 0.244 e. The lowest BCUT2D eigenvalue weighted by Crippen LogP contribution is -2.42. The summed E-state index contributed by atoms with van der Waals surface area (Å²) in [4.78, 5) is 14.5. The van der Waals surface area contributed by atoms with E-state index >= 15 is 0 Å². The summed E-state index contributed by atoms with van der Waals surface area (Å²) in [6.07, 6.45) is 8.41. The molecule has 0 saturated carbocycles. The molecule has 1 atom stereocenters. The second kappa shape index (κ2) is 6.76. The average Bonchev–Trinajstić information content (AvgIpc) is 3.18. The molecule has 3 rings (SSSR count). The van der Waals surface area contributed by atoms with Gasteiger partial charge in [0.1, 0.15) is 11.4 Å². The van der Waals surface area contributed by atoms with Crippen molar-refractivity contribution < 1.29 is 13.2 Å². The fourth-order valence-corrected chi connectivity index (χ4v) is 3.97. The van der Waals surface area contributed by atoms with Crippen molar-refractivity contribution in [3.63, 3.8) is 0 Å². The number of aromatic nitrogens is 4. The smallest absolute Gasteiger partial charge is 0.244 e. The zero-order chi connectivity index (χ0) is 17.2. The van der Waals surface area contributed by atoms with Gasteiger partial charge in [0.05, 0.1) is 11.9 Å². The molecule has 0 bridgehead atoms. The maximum absolute atomic E-state index is 12.4. The van der Waals surface area contributed by atoms with Crippen LogP contribution < -0.4 is 0 Å². The predicted molar refractivity (Wildman–Crippen MR) is 86.9 cm³/mol. The molecule has 0 radical (unpaired) electrons. The van der Waals surface area contributed by atoms with Crippen LogP contribution in [0.5, 0.6) is 0 Å². The van der Waals surface area contributed by atoms with Crippen LogP contribution in [0.1, 0.15) is 18.5 Å². The van der Waals surface area contributed by atoms with E-state index in [1.807, 2.05) is 4.90 Å². The second-order valence-corrected chi connectivity index (χ2v) is 8.22. The molecule has 130 valence electrons. The number of carbonyl (C=O) groups is 1. The summed E-state index contributed by atoms with van der Waals surface area (Å²) in [6.45, 7) is 1.60. The minimum Gasteiger partial charge on any atom is -0.341 e. The third-order valence-corrected chi connectivity index (χ3v) is 5.45. The van der Waals surface area contributed by atoms with Crippen molar-refractivity contribution in [2.75, 3.05) is 19.3 Å². The fourth-order valence-electron chi connectivity index (χ4n) is 3.15. The molecule has 0 aliphatic carbocycles. The third-order valence-electron chi connectivity index (χ3n) is 4.30. The lowest BCUT2D eigenvalue weighted by atomic mass is 9.93. The molecule has 1 fully saturated rings. The Labute approximate surface area is 140 Å². The molecule has 1 aliphatic heterocycles. The molecule has 0 unspecified atom stereocenters. The summed E-state index contributed by atoms with van der Waals surface area (Å²) in [5.41, 5.74) is 0.629. The van der Waals surface area contributed by atoms with Gasteiger partial charge in [-0.05, 0) is 31.2 Å². The monoisotopic (exact) mass is 351 g/mol. The van der Waals surface area contributed by atoms with Crippen LogP contribution in [0.15, 0.2) is 29.6 Å². The number of amides is 1. The Morgan fingerprint density at radius 1 is 1.46 bits per heavy atom. The molecule has 2 aromatic rings. The lowest BCUT2D eigenvalue weighted by Gasteiger charge is -2.32. The second-order valence-electron chi connectivity index (χ2n) is 6.24. The number of rotatable bonds is 5. The zero-order valence-corrected chi connectivity index (χ0v) is 14.4. The number of H-pyrrole nitrogens is 1. The van der Waals surface area contributed by atoms with Crippen molar-refractivity contribution in [3.8, 4) is 0 Å². The van der Waals surface area contributed by atoms with E-state index in [2.05, 4.69) is 15.3 Å². The van der Waals surface area contributed by atoms with Crippen LogP contribution in [-0.4, -0.2) is 58.5 Å². The summed E-state index contributed by atoms with van der Waals surface area (Å²) in [5, 5.41) is 10.7. The van der Waals surface area contributed by atoms with Crippen molar-refractivity contribution in [1.29, 1.82) is 0 Å². The molecule has 24 heavy (non-hydrogen) atoms. The number of nitrogens with zero attached hydrogens (tertiary/aromatic N) is 4. The highest BCUT2D eigenvalue weighted by Crippen LogP contribution is 2.23. The van der Waals surface area contributed by atoms with Gasteiger partial charge in [0, 0.05) is 31.7 Å². The van der Waals surface area contributed by atoms with Gasteiger partial charge in [0.25, 0.3) is 0 Å². The van der Waals surface area contributed by atoms with Gasteiger partial charge in [-0.3, -0.25) is 14.6 Å². The van der Waals surface area contributed by atoms with Crippen LogP contribution in [-0.2, 0) is 27.6 Å². The van der Waals surface area contributed by atoms with Crippen LogP contribution in [0, 0.1) is 5.92 Å². The van der Waals surface area contributed by atoms with Gasteiger partial charge < -0.3 is 4.90 Å². The van der Waals surface area contributed by atoms with E-state index in [-0.39, 0.29) is 23.3 Å². The first-order chi connectivity index (χ1) is 11.4. The van der Waals surface area contributed by atoms with Crippen LogP contribution in [0.3, 0.4) is 0 Å². The molecule has 1 N–H and O–H groups in total. The van der Waals surface area contributed by atoms with E-state index in [4.69, 9.17) is 0 Å². The first-order valence-electron chi connectivity index (χ1n) is 7.91. The van der Waals surface area contributed by atoms with Crippen molar-refractivity contribution in [1.82, 2.24) is 24.9 Å². The van der Waals surface area contributed by atoms with Gasteiger partial charge in [0.2, 0.25) is 5.91 Å². The molecular weight excluding hydrogens is 330 g/mol. The van der Waals surface area contributed by atoms with Gasteiger partial charge in [0.15, 0.2) is 9.84 Å². The van der Waals surface area contributed by atoms with E-state index in [0.717, 1.165) is 19.4 Å². The molecular formula is C15H21N5O3S. The number of sulfone groups is 1. The zero-order valence-electron chi connectivity index (χ0n) is 13.6. The van der Waals surface area contributed by atoms with Crippen molar-refractivity contribution in [2.24, 2.45) is 5.92 Å².